The summed E-state index contributed by atoms with van der Waals surface area (Å²) in [5, 5.41) is 15.6. The van der Waals surface area contributed by atoms with Crippen molar-refractivity contribution in [2.75, 3.05) is 0 Å². The lowest BCUT2D eigenvalue weighted by atomic mass is 9.93. The van der Waals surface area contributed by atoms with E-state index >= 15 is 0 Å². The number of benzene rings is 2. The van der Waals surface area contributed by atoms with Crippen LogP contribution in [0.1, 0.15) is 18.4 Å². The number of hydrogen-bond acceptors (Lipinski definition) is 5. The van der Waals surface area contributed by atoms with Crippen LogP contribution in [0.3, 0.4) is 0 Å². The number of rotatable bonds is 4. The van der Waals surface area contributed by atoms with Crippen molar-refractivity contribution < 1.29 is 14.0 Å². The Morgan fingerprint density at radius 3 is 2.58 bits per heavy atom. The van der Waals surface area contributed by atoms with E-state index in [4.69, 9.17) is 8.94 Å². The quantitative estimate of drug-likeness (QED) is 0.617. The Balaban J connectivity index is 1.61. The number of aliphatic hydroxyl groups is 1. The van der Waals surface area contributed by atoms with Crippen LogP contribution in [0, 0.1) is 0 Å². The summed E-state index contributed by atoms with van der Waals surface area (Å²) in [6, 6.07) is 19.0. The van der Waals surface area contributed by atoms with E-state index in [2.05, 4.69) is 10.1 Å². The van der Waals surface area contributed by atoms with Crippen LogP contribution in [-0.4, -0.2) is 15.2 Å². The van der Waals surface area contributed by atoms with E-state index in [1.54, 1.807) is 6.92 Å². The average Bonchev–Trinajstić information content (AvgIpc) is 3.21. The van der Waals surface area contributed by atoms with Gasteiger partial charge >= 0.3 is 0 Å². The zero-order valence-corrected chi connectivity index (χ0v) is 13.1. The summed E-state index contributed by atoms with van der Waals surface area (Å²) < 4.78 is 11.0. The maximum atomic E-state index is 10.7. The predicted octanol–water partition coefficient (Wildman–Crippen LogP) is 3.93. The first-order chi connectivity index (χ1) is 11.6. The molecule has 0 aliphatic heterocycles. The molecule has 4 rings (SSSR count). The minimum Gasteiger partial charge on any atom is -0.453 e. The van der Waals surface area contributed by atoms with Gasteiger partial charge in [-0.25, -0.2) is 0 Å². The highest BCUT2D eigenvalue weighted by atomic mass is 16.5. The van der Waals surface area contributed by atoms with E-state index in [0.29, 0.717) is 17.5 Å². The van der Waals surface area contributed by atoms with Crippen molar-refractivity contribution in [1.29, 1.82) is 0 Å². The lowest BCUT2D eigenvalue weighted by molar-refractivity contribution is 0.0490. The van der Waals surface area contributed by atoms with Crippen molar-refractivity contribution in [1.82, 2.24) is 10.1 Å². The minimum atomic E-state index is -1.08. The van der Waals surface area contributed by atoms with Gasteiger partial charge in [0.1, 0.15) is 5.58 Å². The highest BCUT2D eigenvalue weighted by molar-refractivity contribution is 5.81. The van der Waals surface area contributed by atoms with Crippen molar-refractivity contribution in [3.63, 3.8) is 0 Å². The molecule has 0 radical (unpaired) electrons. The fourth-order valence-electron chi connectivity index (χ4n) is 2.71. The number of fused-ring (bicyclic) bond motifs is 1. The van der Waals surface area contributed by atoms with Gasteiger partial charge in [-0.1, -0.05) is 53.7 Å². The van der Waals surface area contributed by atoms with E-state index in [1.807, 2.05) is 60.7 Å². The molecular weight excluding hydrogens is 304 g/mol. The first-order valence-electron chi connectivity index (χ1n) is 7.71. The average molecular weight is 320 g/mol. The van der Waals surface area contributed by atoms with Crippen molar-refractivity contribution in [3.05, 3.63) is 72.1 Å². The third-order valence-corrected chi connectivity index (χ3v) is 4.01. The molecular formula is C19H16N2O3. The Morgan fingerprint density at radius 2 is 1.79 bits per heavy atom. The first-order valence-corrected chi connectivity index (χ1v) is 7.71. The van der Waals surface area contributed by atoms with Gasteiger partial charge in [-0.3, -0.25) is 0 Å². The van der Waals surface area contributed by atoms with Crippen LogP contribution in [0.4, 0.5) is 0 Å². The molecule has 2 aromatic carbocycles. The molecule has 0 spiro atoms. The summed E-state index contributed by atoms with van der Waals surface area (Å²) in [6.07, 6.45) is 0.226. The Morgan fingerprint density at radius 1 is 1.04 bits per heavy atom. The van der Waals surface area contributed by atoms with Crippen molar-refractivity contribution >= 4 is 11.0 Å². The molecule has 2 heterocycles. The minimum absolute atomic E-state index is 0.226. The van der Waals surface area contributed by atoms with E-state index in [9.17, 15) is 5.11 Å². The Bertz CT molecular complexity index is 937. The maximum absolute atomic E-state index is 10.7. The fourth-order valence-corrected chi connectivity index (χ4v) is 2.71. The van der Waals surface area contributed by atoms with Gasteiger partial charge in [0.15, 0.2) is 5.76 Å². The Labute approximate surface area is 138 Å². The van der Waals surface area contributed by atoms with Crippen LogP contribution in [0.15, 0.2) is 69.6 Å². The van der Waals surface area contributed by atoms with Crippen LogP contribution >= 0.6 is 0 Å². The van der Waals surface area contributed by atoms with Gasteiger partial charge in [0.2, 0.25) is 11.7 Å². The van der Waals surface area contributed by atoms with Gasteiger partial charge in [-0.2, -0.15) is 4.98 Å². The number of aromatic nitrogens is 2. The number of furan rings is 1. The molecule has 0 saturated carbocycles. The van der Waals surface area contributed by atoms with E-state index < -0.39 is 5.60 Å². The molecule has 4 aromatic rings. The second kappa shape index (κ2) is 5.62. The summed E-state index contributed by atoms with van der Waals surface area (Å²) in [7, 11) is 0. The molecule has 0 aliphatic carbocycles. The molecule has 0 bridgehead atoms. The summed E-state index contributed by atoms with van der Waals surface area (Å²) in [5.41, 5.74) is 0.488. The van der Waals surface area contributed by atoms with Crippen molar-refractivity contribution in [2.24, 2.45) is 0 Å². The highest BCUT2D eigenvalue weighted by Gasteiger charge is 2.27. The summed E-state index contributed by atoms with van der Waals surface area (Å²) in [6.45, 7) is 1.73. The third kappa shape index (κ3) is 2.70. The van der Waals surface area contributed by atoms with Gasteiger partial charge in [0.25, 0.3) is 0 Å². The largest absolute Gasteiger partial charge is 0.453 e. The second-order valence-corrected chi connectivity index (χ2v) is 5.98. The maximum Gasteiger partial charge on any atom is 0.238 e. The lowest BCUT2D eigenvalue weighted by Gasteiger charge is -2.21. The summed E-state index contributed by atoms with van der Waals surface area (Å²) in [5.74, 6) is 1.29. The van der Waals surface area contributed by atoms with E-state index in [0.717, 1.165) is 16.5 Å². The molecule has 1 N–H and O–H groups in total. The van der Waals surface area contributed by atoms with Gasteiger partial charge in [0.05, 0.1) is 12.0 Å². The van der Waals surface area contributed by atoms with E-state index in [1.165, 1.54) is 0 Å². The molecule has 0 saturated heterocycles. The van der Waals surface area contributed by atoms with Crippen LogP contribution in [0.2, 0.25) is 0 Å². The fraction of sp³-hybridized carbons (Fsp3) is 0.158. The molecule has 5 heteroatoms. The van der Waals surface area contributed by atoms with Crippen molar-refractivity contribution in [2.45, 2.75) is 18.9 Å². The second-order valence-electron chi connectivity index (χ2n) is 5.98. The molecule has 0 unspecified atom stereocenters. The zero-order valence-electron chi connectivity index (χ0n) is 13.1. The Hall–Kier alpha value is -2.92. The topological polar surface area (TPSA) is 72.3 Å². The smallest absolute Gasteiger partial charge is 0.238 e. The lowest BCUT2D eigenvalue weighted by Crippen LogP contribution is -2.24. The molecule has 0 amide bonds. The number of nitrogens with zero attached hydrogens (tertiary/aromatic N) is 2. The number of para-hydroxylation sites is 1. The molecule has 120 valence electrons. The molecule has 2 aromatic heterocycles. The summed E-state index contributed by atoms with van der Waals surface area (Å²) in [4.78, 5) is 4.35. The zero-order chi connectivity index (χ0) is 16.6. The van der Waals surface area contributed by atoms with Crippen LogP contribution < -0.4 is 0 Å². The van der Waals surface area contributed by atoms with Crippen LogP contribution in [-0.2, 0) is 12.0 Å². The highest BCUT2D eigenvalue weighted by Crippen LogP contribution is 2.28. The monoisotopic (exact) mass is 320 g/mol. The normalized spacial score (nSPS) is 13.9. The SMILES string of the molecule is C[C@](O)(Cc1nc(-c2cc3ccccc3o2)no1)c1ccccc1. The van der Waals surface area contributed by atoms with Crippen LogP contribution in [0.25, 0.3) is 22.6 Å². The molecule has 5 nitrogen and oxygen atoms in total. The number of hydrogen-bond donors (Lipinski definition) is 1. The Kier molecular flexibility index (Phi) is 3.43. The van der Waals surface area contributed by atoms with E-state index in [-0.39, 0.29) is 6.42 Å². The predicted molar refractivity (Wildman–Crippen MR) is 89.2 cm³/mol. The van der Waals surface area contributed by atoms with Crippen molar-refractivity contribution in [3.8, 4) is 11.6 Å². The van der Waals surface area contributed by atoms with Crippen LogP contribution in [0.5, 0.6) is 0 Å². The molecule has 0 fully saturated rings. The summed E-state index contributed by atoms with van der Waals surface area (Å²) >= 11 is 0. The molecule has 1 atom stereocenters. The standard InChI is InChI=1S/C19H16N2O3/c1-19(22,14-8-3-2-4-9-14)12-17-20-18(21-24-17)16-11-13-7-5-6-10-15(13)23-16/h2-11,22H,12H2,1H3/t19-/m0/s1. The van der Waals surface area contributed by atoms with Gasteiger partial charge < -0.3 is 14.0 Å². The van der Waals surface area contributed by atoms with Gasteiger partial charge in [-0.05, 0) is 24.6 Å². The van der Waals surface area contributed by atoms with Gasteiger partial charge in [0, 0.05) is 5.39 Å². The molecule has 0 aliphatic rings. The molecule has 24 heavy (non-hydrogen) atoms. The third-order valence-electron chi connectivity index (χ3n) is 4.01. The van der Waals surface area contributed by atoms with Gasteiger partial charge in [-0.15, -0.1) is 0 Å². The first kappa shape index (κ1) is 14.7.